The monoisotopic (exact) mass is 276 g/mol. The van der Waals surface area contributed by atoms with Gasteiger partial charge in [-0.2, -0.15) is 4.98 Å². The minimum absolute atomic E-state index is 0.215. The predicted octanol–water partition coefficient (Wildman–Crippen LogP) is 2.04. The zero-order valence-electron chi connectivity index (χ0n) is 11.4. The summed E-state index contributed by atoms with van der Waals surface area (Å²) in [6.45, 7) is 4.06. The number of carboxylic acid groups (broad SMARTS) is 1. The number of nitrogens with zero attached hydrogens (tertiary/aromatic N) is 3. The number of carboxylic acids is 1. The molecule has 0 aromatic carbocycles. The number of nitrogens with one attached hydrogen (secondary N) is 1. The fourth-order valence-electron chi connectivity index (χ4n) is 1.76. The molecular formula is C13H16N4O3. The van der Waals surface area contributed by atoms with E-state index >= 15 is 0 Å². The number of rotatable bonds is 6. The maximum Gasteiger partial charge on any atom is 0.335 e. The molecular weight excluding hydrogens is 260 g/mol. The van der Waals surface area contributed by atoms with Crippen molar-refractivity contribution in [3.63, 3.8) is 0 Å². The standard InChI is InChI=1S/C13H16N4O3/c1-3-4-10-5-9(13(18)19)6-11(16-10)14-7-12-15-8(2)17-20-12/h5-6H,3-4,7H2,1-2H3,(H,14,16)(H,18,19). The van der Waals surface area contributed by atoms with Gasteiger partial charge >= 0.3 is 5.97 Å². The van der Waals surface area contributed by atoms with Gasteiger partial charge in [0.15, 0.2) is 5.82 Å². The van der Waals surface area contributed by atoms with Gasteiger partial charge in [-0.25, -0.2) is 9.78 Å². The lowest BCUT2D eigenvalue weighted by Crippen LogP contribution is -2.07. The highest BCUT2D eigenvalue weighted by Crippen LogP contribution is 2.13. The van der Waals surface area contributed by atoms with E-state index in [-0.39, 0.29) is 5.56 Å². The molecule has 0 bridgehead atoms. The van der Waals surface area contributed by atoms with Crippen molar-refractivity contribution in [3.05, 3.63) is 35.1 Å². The maximum absolute atomic E-state index is 11.1. The molecule has 0 aliphatic rings. The van der Waals surface area contributed by atoms with Gasteiger partial charge in [0.05, 0.1) is 12.1 Å². The zero-order valence-corrected chi connectivity index (χ0v) is 11.4. The van der Waals surface area contributed by atoms with E-state index < -0.39 is 5.97 Å². The van der Waals surface area contributed by atoms with Crippen LogP contribution in [0.2, 0.25) is 0 Å². The van der Waals surface area contributed by atoms with Crippen LogP contribution in [0.1, 0.15) is 41.1 Å². The third-order valence-corrected chi connectivity index (χ3v) is 2.62. The molecule has 0 saturated heterocycles. The highest BCUT2D eigenvalue weighted by molar-refractivity contribution is 5.88. The number of carbonyl (C=O) groups is 1. The molecule has 0 aliphatic heterocycles. The van der Waals surface area contributed by atoms with Crippen LogP contribution >= 0.6 is 0 Å². The molecule has 7 nitrogen and oxygen atoms in total. The van der Waals surface area contributed by atoms with Crippen LogP contribution < -0.4 is 5.32 Å². The minimum Gasteiger partial charge on any atom is -0.478 e. The van der Waals surface area contributed by atoms with Gasteiger partial charge < -0.3 is 14.9 Å². The third-order valence-electron chi connectivity index (χ3n) is 2.62. The Balaban J connectivity index is 2.15. The van der Waals surface area contributed by atoms with E-state index in [1.807, 2.05) is 6.92 Å². The van der Waals surface area contributed by atoms with E-state index in [0.29, 0.717) is 24.1 Å². The summed E-state index contributed by atoms with van der Waals surface area (Å²) >= 11 is 0. The highest BCUT2D eigenvalue weighted by Gasteiger charge is 2.09. The summed E-state index contributed by atoms with van der Waals surface area (Å²) in [5.41, 5.74) is 0.962. The summed E-state index contributed by atoms with van der Waals surface area (Å²) < 4.78 is 4.97. The molecule has 2 aromatic heterocycles. The van der Waals surface area contributed by atoms with E-state index in [9.17, 15) is 4.79 Å². The normalized spacial score (nSPS) is 10.5. The summed E-state index contributed by atoms with van der Waals surface area (Å²) in [5, 5.41) is 15.8. The van der Waals surface area contributed by atoms with Crippen molar-refractivity contribution < 1.29 is 14.4 Å². The summed E-state index contributed by atoms with van der Waals surface area (Å²) in [6.07, 6.45) is 1.63. The molecule has 0 amide bonds. The molecule has 2 heterocycles. The second kappa shape index (κ2) is 6.14. The van der Waals surface area contributed by atoms with Gasteiger partial charge in [-0.05, 0) is 25.5 Å². The quantitative estimate of drug-likeness (QED) is 0.832. The van der Waals surface area contributed by atoms with Gasteiger partial charge in [-0.3, -0.25) is 0 Å². The highest BCUT2D eigenvalue weighted by atomic mass is 16.5. The van der Waals surface area contributed by atoms with E-state index in [1.165, 1.54) is 6.07 Å². The molecule has 106 valence electrons. The van der Waals surface area contributed by atoms with Gasteiger partial charge in [-0.15, -0.1) is 0 Å². The van der Waals surface area contributed by atoms with Crippen molar-refractivity contribution in [1.82, 2.24) is 15.1 Å². The molecule has 20 heavy (non-hydrogen) atoms. The molecule has 0 radical (unpaired) electrons. The second-order valence-corrected chi connectivity index (χ2v) is 4.38. The Bertz CT molecular complexity index is 609. The number of hydrogen-bond donors (Lipinski definition) is 2. The van der Waals surface area contributed by atoms with Crippen molar-refractivity contribution in [2.45, 2.75) is 33.2 Å². The summed E-state index contributed by atoms with van der Waals surface area (Å²) in [6, 6.07) is 3.08. The molecule has 0 fully saturated rings. The average molecular weight is 276 g/mol. The van der Waals surface area contributed by atoms with Gasteiger partial charge in [0.25, 0.3) is 0 Å². The molecule has 0 atom stereocenters. The number of pyridine rings is 1. The maximum atomic E-state index is 11.1. The minimum atomic E-state index is -0.971. The number of hydrogen-bond acceptors (Lipinski definition) is 6. The van der Waals surface area contributed by atoms with Gasteiger partial charge in [0.2, 0.25) is 5.89 Å². The van der Waals surface area contributed by atoms with Crippen molar-refractivity contribution in [2.24, 2.45) is 0 Å². The SMILES string of the molecule is CCCc1cc(C(=O)O)cc(NCc2nc(C)no2)n1. The summed E-state index contributed by atoms with van der Waals surface area (Å²) in [7, 11) is 0. The van der Waals surface area contributed by atoms with Crippen LogP contribution in [0.15, 0.2) is 16.7 Å². The second-order valence-electron chi connectivity index (χ2n) is 4.38. The third kappa shape index (κ3) is 3.53. The smallest absolute Gasteiger partial charge is 0.335 e. The van der Waals surface area contributed by atoms with Crippen LogP contribution in [0.5, 0.6) is 0 Å². The van der Waals surface area contributed by atoms with Gasteiger partial charge in [-0.1, -0.05) is 18.5 Å². The van der Waals surface area contributed by atoms with E-state index in [4.69, 9.17) is 9.63 Å². The lowest BCUT2D eigenvalue weighted by Gasteiger charge is -2.07. The molecule has 2 rings (SSSR count). The fraction of sp³-hybridized carbons (Fsp3) is 0.385. The molecule has 0 saturated carbocycles. The van der Waals surface area contributed by atoms with E-state index in [0.717, 1.165) is 18.5 Å². The first kappa shape index (κ1) is 14.0. The Kier molecular flexibility index (Phi) is 4.29. The number of aromatic nitrogens is 3. The lowest BCUT2D eigenvalue weighted by molar-refractivity contribution is 0.0696. The van der Waals surface area contributed by atoms with Gasteiger partial charge in [0, 0.05) is 5.69 Å². The Labute approximate surface area is 116 Å². The molecule has 2 aromatic rings. The lowest BCUT2D eigenvalue weighted by atomic mass is 10.1. The fourth-order valence-corrected chi connectivity index (χ4v) is 1.76. The molecule has 2 N–H and O–H groups in total. The molecule has 0 unspecified atom stereocenters. The van der Waals surface area contributed by atoms with Crippen LogP contribution in [-0.4, -0.2) is 26.2 Å². The van der Waals surface area contributed by atoms with Crippen LogP contribution in [0.25, 0.3) is 0 Å². The Morgan fingerprint density at radius 3 is 2.80 bits per heavy atom. The Morgan fingerprint density at radius 2 is 2.20 bits per heavy atom. The largest absolute Gasteiger partial charge is 0.478 e. The van der Waals surface area contributed by atoms with Crippen LogP contribution in [0, 0.1) is 6.92 Å². The zero-order chi connectivity index (χ0) is 14.5. The Hall–Kier alpha value is -2.44. The van der Waals surface area contributed by atoms with E-state index in [1.54, 1.807) is 13.0 Å². The van der Waals surface area contributed by atoms with Crippen LogP contribution in [0.3, 0.4) is 0 Å². The molecule has 0 spiro atoms. The number of aromatic carboxylic acids is 1. The van der Waals surface area contributed by atoms with Crippen LogP contribution in [-0.2, 0) is 13.0 Å². The first-order valence-electron chi connectivity index (χ1n) is 6.35. The summed E-state index contributed by atoms with van der Waals surface area (Å²) in [5.74, 6) is 0.508. The van der Waals surface area contributed by atoms with Gasteiger partial charge in [0.1, 0.15) is 5.82 Å². The van der Waals surface area contributed by atoms with Crippen molar-refractivity contribution in [1.29, 1.82) is 0 Å². The Morgan fingerprint density at radius 1 is 1.40 bits per heavy atom. The van der Waals surface area contributed by atoms with Crippen molar-refractivity contribution in [3.8, 4) is 0 Å². The van der Waals surface area contributed by atoms with E-state index in [2.05, 4.69) is 20.4 Å². The molecule has 7 heteroatoms. The predicted molar refractivity (Wildman–Crippen MR) is 71.6 cm³/mol. The number of aryl methyl sites for hydroxylation is 2. The van der Waals surface area contributed by atoms with Crippen LogP contribution in [0.4, 0.5) is 5.82 Å². The average Bonchev–Trinajstić information content (AvgIpc) is 2.82. The number of anilines is 1. The first-order chi connectivity index (χ1) is 9.58. The first-order valence-corrected chi connectivity index (χ1v) is 6.35. The molecule has 0 aliphatic carbocycles. The van der Waals surface area contributed by atoms with Crippen molar-refractivity contribution in [2.75, 3.05) is 5.32 Å². The summed E-state index contributed by atoms with van der Waals surface area (Å²) in [4.78, 5) is 19.5. The van der Waals surface area contributed by atoms with Crippen molar-refractivity contribution >= 4 is 11.8 Å². The topological polar surface area (TPSA) is 101 Å².